The molecule has 12 rings (SSSR count). The van der Waals surface area contributed by atoms with Crippen LogP contribution in [0, 0.1) is 0 Å². The normalized spacial score (nSPS) is 14.3. The number of fused-ring (bicyclic) bond motifs is 10. The third-order valence-corrected chi connectivity index (χ3v) is 13.4. The van der Waals surface area contributed by atoms with Crippen LogP contribution in [-0.4, -0.2) is 4.57 Å². The lowest BCUT2D eigenvalue weighted by Crippen LogP contribution is -2.22. The van der Waals surface area contributed by atoms with Crippen LogP contribution in [0.4, 0.5) is 28.4 Å². The van der Waals surface area contributed by atoms with E-state index in [0.29, 0.717) is 0 Å². The smallest absolute Gasteiger partial charge is 0.0625 e. The minimum Gasteiger partial charge on any atom is -0.314 e. The highest BCUT2D eigenvalue weighted by atomic mass is 15.2. The highest BCUT2D eigenvalue weighted by Crippen LogP contribution is 2.53. The molecule has 0 saturated carbocycles. The summed E-state index contributed by atoms with van der Waals surface area (Å²) in [5, 5.41) is 7.78. The standard InChI is InChI=1S/C59H45N3/c1-59(2)54-38-45(61(42-22-10-5-11-23-42)44-32-30-43(31-33-44)60(40-18-6-3-7-19-40)41-20-8-4-9-21-41)34-36-49(54)50-37-35-46(39-55(50)59)62-56-29-17-16-28-53(56)57-51-26-14-12-24-47(51)48-25-13-15-27-52(48)58(57)62/h3-33,35,37-39H,34,36H2,1-2H3. The lowest BCUT2D eigenvalue weighted by Gasteiger charge is -2.33. The maximum Gasteiger partial charge on any atom is 0.0625 e. The molecule has 296 valence electrons. The van der Waals surface area contributed by atoms with Crippen LogP contribution in [-0.2, 0) is 5.41 Å². The monoisotopic (exact) mass is 795 g/mol. The van der Waals surface area contributed by atoms with E-state index in [4.69, 9.17) is 0 Å². The van der Waals surface area contributed by atoms with Gasteiger partial charge in [0.15, 0.2) is 0 Å². The van der Waals surface area contributed by atoms with Gasteiger partial charge < -0.3 is 14.4 Å². The van der Waals surface area contributed by atoms with Crippen molar-refractivity contribution in [2.24, 2.45) is 0 Å². The summed E-state index contributed by atoms with van der Waals surface area (Å²) in [4.78, 5) is 4.80. The number of para-hydroxylation sites is 4. The summed E-state index contributed by atoms with van der Waals surface area (Å²) in [6.07, 6.45) is 4.44. The Balaban J connectivity index is 0.963. The van der Waals surface area contributed by atoms with Crippen LogP contribution >= 0.6 is 0 Å². The number of nitrogens with zero attached hydrogens (tertiary/aromatic N) is 3. The van der Waals surface area contributed by atoms with Crippen LogP contribution in [0.5, 0.6) is 0 Å². The molecule has 0 atom stereocenters. The molecule has 3 heteroatoms. The van der Waals surface area contributed by atoms with E-state index in [0.717, 1.165) is 35.6 Å². The zero-order valence-electron chi connectivity index (χ0n) is 35.0. The Labute approximate surface area is 362 Å². The Morgan fingerprint density at radius 1 is 0.435 bits per heavy atom. The molecule has 0 bridgehead atoms. The summed E-state index contributed by atoms with van der Waals surface area (Å²) in [7, 11) is 0. The number of rotatable bonds is 7. The highest BCUT2D eigenvalue weighted by Gasteiger charge is 2.39. The second kappa shape index (κ2) is 14.2. The topological polar surface area (TPSA) is 11.4 Å². The molecule has 2 aliphatic carbocycles. The van der Waals surface area contributed by atoms with Crippen molar-refractivity contribution in [1.82, 2.24) is 4.57 Å². The molecule has 9 aromatic carbocycles. The maximum atomic E-state index is 2.53. The molecule has 0 saturated heterocycles. The van der Waals surface area contributed by atoms with Gasteiger partial charge in [-0.25, -0.2) is 0 Å². The first kappa shape index (κ1) is 36.2. The van der Waals surface area contributed by atoms with Gasteiger partial charge in [-0.3, -0.25) is 0 Å². The fourth-order valence-electron chi connectivity index (χ4n) is 10.6. The molecule has 62 heavy (non-hydrogen) atoms. The van der Waals surface area contributed by atoms with E-state index in [2.05, 4.69) is 241 Å². The van der Waals surface area contributed by atoms with Gasteiger partial charge in [0, 0.05) is 61.4 Å². The van der Waals surface area contributed by atoms with Crippen molar-refractivity contribution < 1.29 is 0 Å². The van der Waals surface area contributed by atoms with Crippen LogP contribution in [0.2, 0.25) is 0 Å². The summed E-state index contributed by atoms with van der Waals surface area (Å²) in [6, 6.07) is 75.3. The first-order valence-corrected chi connectivity index (χ1v) is 21.8. The summed E-state index contributed by atoms with van der Waals surface area (Å²) >= 11 is 0. The second-order valence-electron chi connectivity index (χ2n) is 17.2. The Kier molecular flexibility index (Phi) is 8.33. The third-order valence-electron chi connectivity index (χ3n) is 13.4. The van der Waals surface area contributed by atoms with Crippen LogP contribution in [0.3, 0.4) is 0 Å². The minimum atomic E-state index is -0.196. The highest BCUT2D eigenvalue weighted by molar-refractivity contribution is 6.32. The first-order valence-electron chi connectivity index (χ1n) is 21.8. The largest absolute Gasteiger partial charge is 0.314 e. The fourth-order valence-corrected chi connectivity index (χ4v) is 10.6. The van der Waals surface area contributed by atoms with E-state index in [1.165, 1.54) is 82.7 Å². The number of benzene rings is 9. The van der Waals surface area contributed by atoms with Gasteiger partial charge in [0.2, 0.25) is 0 Å². The molecule has 3 nitrogen and oxygen atoms in total. The number of hydrogen-bond donors (Lipinski definition) is 0. The third kappa shape index (κ3) is 5.58. The molecule has 0 amide bonds. The molecule has 0 radical (unpaired) electrons. The Bertz CT molecular complexity index is 3370. The van der Waals surface area contributed by atoms with Crippen molar-refractivity contribution in [2.75, 3.05) is 9.80 Å². The lowest BCUT2D eigenvalue weighted by atomic mass is 9.79. The van der Waals surface area contributed by atoms with Gasteiger partial charge >= 0.3 is 0 Å². The zero-order valence-corrected chi connectivity index (χ0v) is 35.0. The molecule has 0 unspecified atom stereocenters. The van der Waals surface area contributed by atoms with Crippen LogP contribution in [0.1, 0.15) is 37.8 Å². The van der Waals surface area contributed by atoms with Crippen molar-refractivity contribution >= 4 is 77.4 Å². The predicted molar refractivity (Wildman–Crippen MR) is 263 cm³/mol. The Hall–Kier alpha value is -7.62. The minimum absolute atomic E-state index is 0.196. The van der Waals surface area contributed by atoms with Crippen LogP contribution < -0.4 is 9.80 Å². The van der Waals surface area contributed by atoms with E-state index in [-0.39, 0.29) is 5.41 Å². The number of aromatic nitrogens is 1. The average Bonchev–Trinajstić information content (AvgIpc) is 3.79. The molecule has 0 spiro atoms. The van der Waals surface area contributed by atoms with Crippen molar-refractivity contribution in [3.8, 4) is 5.69 Å². The number of allylic oxidation sites excluding steroid dienone is 4. The van der Waals surface area contributed by atoms with E-state index in [9.17, 15) is 0 Å². The average molecular weight is 796 g/mol. The van der Waals surface area contributed by atoms with E-state index >= 15 is 0 Å². The molecule has 0 fully saturated rings. The van der Waals surface area contributed by atoms with Gasteiger partial charge in [0.25, 0.3) is 0 Å². The van der Waals surface area contributed by atoms with E-state index in [1.54, 1.807) is 0 Å². The van der Waals surface area contributed by atoms with Crippen molar-refractivity contribution in [3.63, 3.8) is 0 Å². The SMILES string of the molecule is CC1(C)C2=C(CCC(N(c3ccccc3)c3ccc(N(c4ccccc4)c4ccccc4)cc3)=C2)c2ccc(-n3c4ccccc4c4c5ccccc5c5ccccc5c43)cc21. The second-order valence-corrected chi connectivity index (χ2v) is 17.2. The maximum absolute atomic E-state index is 2.53. The van der Waals surface area contributed by atoms with E-state index < -0.39 is 0 Å². The summed E-state index contributed by atoms with van der Waals surface area (Å²) in [5.74, 6) is 0. The quantitative estimate of drug-likeness (QED) is 0.149. The van der Waals surface area contributed by atoms with Gasteiger partial charge in [-0.2, -0.15) is 0 Å². The lowest BCUT2D eigenvalue weighted by molar-refractivity contribution is 0.648. The van der Waals surface area contributed by atoms with Crippen molar-refractivity contribution in [1.29, 1.82) is 0 Å². The molecular formula is C59H45N3. The van der Waals surface area contributed by atoms with Crippen LogP contribution in [0.25, 0.3) is 54.6 Å². The molecular weight excluding hydrogens is 751 g/mol. The van der Waals surface area contributed by atoms with Gasteiger partial charge in [-0.15, -0.1) is 0 Å². The van der Waals surface area contributed by atoms with Crippen molar-refractivity contribution in [3.05, 3.63) is 235 Å². The van der Waals surface area contributed by atoms with Gasteiger partial charge in [0.1, 0.15) is 0 Å². The fraction of sp³-hybridized carbons (Fsp3) is 0.0847. The zero-order chi connectivity index (χ0) is 41.4. The number of anilines is 5. The summed E-state index contributed by atoms with van der Waals surface area (Å²) < 4.78 is 2.53. The van der Waals surface area contributed by atoms with Crippen LogP contribution in [0.15, 0.2) is 224 Å². The molecule has 2 aliphatic rings. The summed E-state index contributed by atoms with van der Waals surface area (Å²) in [6.45, 7) is 4.85. The molecule has 10 aromatic rings. The van der Waals surface area contributed by atoms with Crippen molar-refractivity contribution in [2.45, 2.75) is 32.1 Å². The molecule has 1 aromatic heterocycles. The molecule has 1 heterocycles. The Morgan fingerprint density at radius 2 is 0.919 bits per heavy atom. The van der Waals surface area contributed by atoms with Gasteiger partial charge in [0.05, 0.1) is 11.0 Å². The van der Waals surface area contributed by atoms with E-state index in [1.807, 2.05) is 0 Å². The molecule has 0 aliphatic heterocycles. The van der Waals surface area contributed by atoms with Gasteiger partial charge in [-0.05, 0) is 136 Å². The Morgan fingerprint density at radius 3 is 1.55 bits per heavy atom. The predicted octanol–water partition coefficient (Wildman–Crippen LogP) is 16.1. The molecule has 0 N–H and O–H groups in total. The van der Waals surface area contributed by atoms with Gasteiger partial charge in [-0.1, -0.05) is 141 Å². The summed E-state index contributed by atoms with van der Waals surface area (Å²) in [5.41, 5.74) is 16.2. The first-order chi connectivity index (χ1) is 30.5. The number of hydrogen-bond acceptors (Lipinski definition) is 2.